The quantitative estimate of drug-likeness (QED) is 0.356. The molecule has 2 fully saturated rings. The molecule has 248 valence electrons. The van der Waals surface area contributed by atoms with Gasteiger partial charge in [0.25, 0.3) is 5.91 Å². The second kappa shape index (κ2) is 13.4. The van der Waals surface area contributed by atoms with Crippen molar-refractivity contribution in [1.82, 2.24) is 10.2 Å². The minimum Gasteiger partial charge on any atom is -0.463 e. The summed E-state index contributed by atoms with van der Waals surface area (Å²) in [4.78, 5) is 59.8. The molecule has 3 amide bonds. The minimum absolute atomic E-state index is 0.0899. The number of halogens is 1. The number of hydrogen-bond donors (Lipinski definition) is 2. The van der Waals surface area contributed by atoms with Crippen molar-refractivity contribution in [2.75, 3.05) is 24.7 Å². The van der Waals surface area contributed by atoms with Gasteiger partial charge in [0.1, 0.15) is 24.4 Å². The normalized spacial score (nSPS) is 30.9. The lowest BCUT2D eigenvalue weighted by Crippen LogP contribution is -2.58. The van der Waals surface area contributed by atoms with E-state index in [2.05, 4.69) is 21.2 Å². The van der Waals surface area contributed by atoms with E-state index in [1.807, 2.05) is 81.5 Å². The number of benzene rings is 2. The van der Waals surface area contributed by atoms with E-state index in [9.17, 15) is 19.5 Å². The zero-order valence-electron chi connectivity index (χ0n) is 26.7. The highest BCUT2D eigenvalue weighted by molar-refractivity contribution is 9.11. The van der Waals surface area contributed by atoms with Crippen molar-refractivity contribution < 1.29 is 33.8 Å². The van der Waals surface area contributed by atoms with Gasteiger partial charge in [-0.1, -0.05) is 77.5 Å². The number of nitrogens with one attached hydrogen (secondary N) is 1. The fourth-order valence-corrected chi connectivity index (χ4v) is 8.16. The number of amides is 3. The second-order valence-corrected chi connectivity index (χ2v) is 13.6. The number of ether oxygens (including phenoxy) is 2. The summed E-state index contributed by atoms with van der Waals surface area (Å²) >= 11 is 3.61. The number of likely N-dealkylation sites (tertiary alicyclic amines) is 1. The number of esters is 1. The Morgan fingerprint density at radius 1 is 1.06 bits per heavy atom. The first-order chi connectivity index (χ1) is 22.6. The number of aliphatic hydroxyl groups is 1. The fourth-order valence-electron chi connectivity index (χ4n) is 7.43. The third kappa shape index (κ3) is 5.83. The predicted molar refractivity (Wildman–Crippen MR) is 178 cm³/mol. The number of cyclic esters (lactones) is 1. The molecule has 4 heterocycles. The lowest BCUT2D eigenvalue weighted by Gasteiger charge is -2.38. The summed E-state index contributed by atoms with van der Waals surface area (Å²) in [7, 11) is 0. The summed E-state index contributed by atoms with van der Waals surface area (Å²) < 4.78 is 12.9. The Morgan fingerprint density at radius 2 is 1.83 bits per heavy atom. The largest absolute Gasteiger partial charge is 0.463 e. The summed E-state index contributed by atoms with van der Waals surface area (Å²) in [5.74, 6) is -3.66. The Morgan fingerprint density at radius 3 is 2.55 bits per heavy atom. The third-order valence-corrected chi connectivity index (χ3v) is 10.5. The monoisotopic (exact) mass is 705 g/mol. The van der Waals surface area contributed by atoms with Gasteiger partial charge < -0.3 is 29.7 Å². The van der Waals surface area contributed by atoms with Crippen LogP contribution in [0.5, 0.6) is 0 Å². The molecule has 4 aliphatic rings. The van der Waals surface area contributed by atoms with Gasteiger partial charge in [-0.05, 0) is 55.5 Å². The average Bonchev–Trinajstić information content (AvgIpc) is 3.66. The van der Waals surface area contributed by atoms with E-state index < -0.39 is 59.5 Å². The van der Waals surface area contributed by atoms with E-state index in [-0.39, 0.29) is 32.1 Å². The fraction of sp³-hybridized carbons (Fsp3) is 0.444. The van der Waals surface area contributed by atoms with Crippen LogP contribution in [0.2, 0.25) is 0 Å². The summed E-state index contributed by atoms with van der Waals surface area (Å²) in [5, 5.41) is 13.5. The molecule has 2 saturated heterocycles. The van der Waals surface area contributed by atoms with Gasteiger partial charge >= 0.3 is 5.97 Å². The van der Waals surface area contributed by atoms with Gasteiger partial charge in [-0.3, -0.25) is 19.2 Å². The Labute approximate surface area is 282 Å². The molecule has 6 rings (SSSR count). The van der Waals surface area contributed by atoms with Crippen LogP contribution < -0.4 is 10.2 Å². The first-order valence-corrected chi connectivity index (χ1v) is 16.9. The van der Waals surface area contributed by atoms with Crippen LogP contribution in [-0.4, -0.2) is 77.2 Å². The summed E-state index contributed by atoms with van der Waals surface area (Å²) in [6, 6.07) is 12.5. The van der Waals surface area contributed by atoms with Crippen LogP contribution >= 0.6 is 15.9 Å². The van der Waals surface area contributed by atoms with Crippen molar-refractivity contribution in [3.63, 3.8) is 0 Å². The van der Waals surface area contributed by atoms with Crippen molar-refractivity contribution in [3.8, 4) is 0 Å². The highest BCUT2D eigenvalue weighted by Crippen LogP contribution is 2.59. The zero-order chi connectivity index (χ0) is 33.5. The number of fused-ring (bicyclic) bond motifs is 2. The van der Waals surface area contributed by atoms with Gasteiger partial charge in [0.15, 0.2) is 0 Å². The van der Waals surface area contributed by atoms with Crippen LogP contribution in [0.25, 0.3) is 0 Å². The molecule has 0 radical (unpaired) electrons. The molecule has 10 nitrogen and oxygen atoms in total. The molecule has 11 heteroatoms. The highest BCUT2D eigenvalue weighted by Gasteiger charge is 2.75. The smallest absolute Gasteiger partial charge is 0.306 e. The van der Waals surface area contributed by atoms with Crippen LogP contribution in [0, 0.1) is 25.7 Å². The maximum Gasteiger partial charge on any atom is 0.306 e. The predicted octanol–water partition coefficient (Wildman–Crippen LogP) is 4.03. The SMILES string of the molecule is CC[C@@H](CO)N1C(=O)[C@@H]2[C@H]3C(=O)N[C@@H](c4ccccc4)COC(=O)CC/C=C\CN(c4cc(C)ccc4C)C(=O)[C@@H]1[C@]21C=C(Br)[C@H]3O1. The number of carbonyl (C=O) groups is 4. The van der Waals surface area contributed by atoms with Crippen molar-refractivity contribution in [1.29, 1.82) is 0 Å². The molecule has 0 aliphatic carbocycles. The number of hydrogen-bond acceptors (Lipinski definition) is 7. The van der Waals surface area contributed by atoms with E-state index in [1.165, 1.54) is 4.90 Å². The molecule has 1 spiro atoms. The molecule has 7 atom stereocenters. The Balaban J connectivity index is 1.49. The maximum atomic E-state index is 15.1. The number of carbonyl (C=O) groups excluding carboxylic acids is 4. The zero-order valence-corrected chi connectivity index (χ0v) is 28.3. The van der Waals surface area contributed by atoms with Gasteiger partial charge in [-0.2, -0.15) is 0 Å². The molecule has 5 bridgehead atoms. The average molecular weight is 707 g/mol. The molecule has 0 saturated carbocycles. The first kappa shape index (κ1) is 33.1. The van der Waals surface area contributed by atoms with Crippen LogP contribution in [0.3, 0.4) is 0 Å². The molecular formula is C36H40BrN3O7. The topological polar surface area (TPSA) is 125 Å². The molecule has 47 heavy (non-hydrogen) atoms. The lowest BCUT2D eigenvalue weighted by atomic mass is 9.74. The van der Waals surface area contributed by atoms with Gasteiger partial charge in [-0.15, -0.1) is 0 Å². The minimum atomic E-state index is -1.45. The Bertz CT molecular complexity index is 1620. The van der Waals surface area contributed by atoms with E-state index in [0.717, 1.165) is 16.7 Å². The number of nitrogens with zero attached hydrogens (tertiary/aromatic N) is 2. The van der Waals surface area contributed by atoms with Crippen molar-refractivity contribution in [2.45, 2.75) is 69.9 Å². The highest BCUT2D eigenvalue weighted by atomic mass is 79.9. The van der Waals surface area contributed by atoms with Crippen LogP contribution in [0.15, 0.2) is 71.2 Å². The third-order valence-electron chi connectivity index (χ3n) is 9.80. The summed E-state index contributed by atoms with van der Waals surface area (Å²) in [5.41, 5.74) is 1.78. The van der Waals surface area contributed by atoms with Crippen LogP contribution in [-0.2, 0) is 28.7 Å². The van der Waals surface area contributed by atoms with Gasteiger partial charge in [0, 0.05) is 23.1 Å². The lowest BCUT2D eigenvalue weighted by molar-refractivity contribution is -0.146. The van der Waals surface area contributed by atoms with Gasteiger partial charge in [-0.25, -0.2) is 0 Å². The van der Waals surface area contributed by atoms with E-state index in [1.54, 1.807) is 11.0 Å². The standard InChI is InChI=1S/C36H40BrN3O7/c1-4-24(19-41)40-32-35(45)39(27-17-21(2)14-15-22(27)3)16-10-6-9-13-28(42)46-20-26(23-11-7-5-8-12-23)38-33(43)29-30(34(40)44)36(32)18-25(37)31(29)47-36/h5-8,10-12,14-15,17-18,24,26,29-32,41H,4,9,13,16,19-20H2,1-3H3,(H,38,43)/b10-6-/t24-,26+,29+,30-,31+,32+,36-/m0/s1. The second-order valence-electron chi connectivity index (χ2n) is 12.7. The first-order valence-electron chi connectivity index (χ1n) is 16.1. The van der Waals surface area contributed by atoms with Gasteiger partial charge in [0.2, 0.25) is 11.8 Å². The Kier molecular flexibility index (Phi) is 9.42. The molecule has 2 N–H and O–H groups in total. The molecule has 4 aliphatic heterocycles. The molecular weight excluding hydrogens is 666 g/mol. The number of aryl methyl sites for hydroxylation is 2. The maximum absolute atomic E-state index is 15.1. The molecule has 2 aromatic rings. The number of allylic oxidation sites excluding steroid dienone is 1. The van der Waals surface area contributed by atoms with Crippen LogP contribution in [0.4, 0.5) is 5.69 Å². The summed E-state index contributed by atoms with van der Waals surface area (Å²) in [6.45, 7) is 5.44. The van der Waals surface area contributed by atoms with Crippen molar-refractivity contribution >= 4 is 45.3 Å². The summed E-state index contributed by atoms with van der Waals surface area (Å²) in [6.07, 6.45) is 5.56. The van der Waals surface area contributed by atoms with Crippen LogP contribution in [0.1, 0.15) is 48.9 Å². The van der Waals surface area contributed by atoms with Gasteiger partial charge in [0.05, 0.1) is 30.5 Å². The number of anilines is 1. The van der Waals surface area contributed by atoms with E-state index >= 15 is 4.79 Å². The van der Waals surface area contributed by atoms with Crippen molar-refractivity contribution in [3.05, 3.63) is 87.9 Å². The number of aliphatic hydroxyl groups excluding tert-OH is 1. The molecule has 0 unspecified atom stereocenters. The van der Waals surface area contributed by atoms with Crippen molar-refractivity contribution in [2.24, 2.45) is 11.8 Å². The van der Waals surface area contributed by atoms with E-state index in [4.69, 9.17) is 9.47 Å². The molecule has 2 aromatic carbocycles. The molecule has 0 aromatic heterocycles. The number of rotatable bonds is 5. The van der Waals surface area contributed by atoms with E-state index in [0.29, 0.717) is 23.0 Å². The Hall–Kier alpha value is -3.80.